The lowest BCUT2D eigenvalue weighted by molar-refractivity contribution is 0.255. The summed E-state index contributed by atoms with van der Waals surface area (Å²) in [6.07, 6.45) is 1.04. The summed E-state index contributed by atoms with van der Waals surface area (Å²) in [4.78, 5) is 9.38. The standard InChI is InChI=1S/C23H33N5O2/c1-29-21-10-9-19(17-22(21)30-2)18-26-23(24)25-11-6-12-27-13-15-28(16-14-27)20-7-4-3-5-8-20/h3-5,7-10,17H,6,11-16,18H2,1-2H3,(H3,24,25,26). The zero-order valence-electron chi connectivity index (χ0n) is 18.0. The summed E-state index contributed by atoms with van der Waals surface area (Å²) in [5, 5.41) is 3.21. The minimum atomic E-state index is 0.471. The Morgan fingerprint density at radius 2 is 1.73 bits per heavy atom. The van der Waals surface area contributed by atoms with Crippen molar-refractivity contribution in [1.82, 2.24) is 10.2 Å². The second kappa shape index (κ2) is 11.3. The largest absolute Gasteiger partial charge is 0.493 e. The van der Waals surface area contributed by atoms with Gasteiger partial charge in [0.1, 0.15) is 0 Å². The molecule has 2 aromatic rings. The highest BCUT2D eigenvalue weighted by Crippen LogP contribution is 2.27. The molecule has 0 aliphatic carbocycles. The molecule has 7 nitrogen and oxygen atoms in total. The van der Waals surface area contributed by atoms with Crippen molar-refractivity contribution in [3.63, 3.8) is 0 Å². The van der Waals surface area contributed by atoms with Crippen molar-refractivity contribution in [2.24, 2.45) is 10.7 Å². The molecule has 30 heavy (non-hydrogen) atoms. The number of methoxy groups -OCH3 is 2. The highest BCUT2D eigenvalue weighted by molar-refractivity contribution is 5.77. The van der Waals surface area contributed by atoms with Gasteiger partial charge < -0.3 is 25.4 Å². The van der Waals surface area contributed by atoms with Gasteiger partial charge in [0.05, 0.1) is 20.8 Å². The molecule has 0 spiro atoms. The van der Waals surface area contributed by atoms with E-state index in [9.17, 15) is 0 Å². The third kappa shape index (κ3) is 6.29. The Morgan fingerprint density at radius 3 is 2.43 bits per heavy atom. The monoisotopic (exact) mass is 411 g/mol. The highest BCUT2D eigenvalue weighted by atomic mass is 16.5. The smallest absolute Gasteiger partial charge is 0.188 e. The van der Waals surface area contributed by atoms with Gasteiger partial charge in [0.25, 0.3) is 0 Å². The quantitative estimate of drug-likeness (QED) is 0.375. The van der Waals surface area contributed by atoms with Crippen molar-refractivity contribution in [3.8, 4) is 11.5 Å². The van der Waals surface area contributed by atoms with Crippen LogP contribution in [0, 0.1) is 0 Å². The zero-order valence-corrected chi connectivity index (χ0v) is 18.0. The molecule has 1 fully saturated rings. The normalized spacial score (nSPS) is 15.1. The van der Waals surface area contributed by atoms with Gasteiger partial charge in [-0.3, -0.25) is 4.90 Å². The number of para-hydroxylation sites is 1. The van der Waals surface area contributed by atoms with E-state index in [1.165, 1.54) is 5.69 Å². The van der Waals surface area contributed by atoms with E-state index >= 15 is 0 Å². The number of nitrogens with two attached hydrogens (primary N) is 1. The number of aliphatic imine (C=N–C) groups is 1. The molecule has 2 aromatic carbocycles. The molecule has 0 unspecified atom stereocenters. The minimum Gasteiger partial charge on any atom is -0.493 e. The topological polar surface area (TPSA) is 75.4 Å². The number of piperazine rings is 1. The lowest BCUT2D eigenvalue weighted by atomic mass is 10.2. The van der Waals surface area contributed by atoms with Crippen LogP contribution in [-0.4, -0.2) is 64.3 Å². The molecule has 0 saturated carbocycles. The summed E-state index contributed by atoms with van der Waals surface area (Å²) in [7, 11) is 3.25. The van der Waals surface area contributed by atoms with E-state index in [4.69, 9.17) is 15.2 Å². The number of rotatable bonds is 9. The lowest BCUT2D eigenvalue weighted by Gasteiger charge is -2.36. The molecule has 1 aliphatic heterocycles. The fourth-order valence-electron chi connectivity index (χ4n) is 3.60. The van der Waals surface area contributed by atoms with E-state index in [1.54, 1.807) is 14.2 Å². The van der Waals surface area contributed by atoms with Crippen LogP contribution in [0.2, 0.25) is 0 Å². The van der Waals surface area contributed by atoms with Crippen molar-refractivity contribution in [3.05, 3.63) is 54.1 Å². The number of nitrogens with zero attached hydrogens (tertiary/aromatic N) is 3. The van der Waals surface area contributed by atoms with Crippen molar-refractivity contribution >= 4 is 11.6 Å². The van der Waals surface area contributed by atoms with Gasteiger partial charge in [-0.1, -0.05) is 24.3 Å². The second-order valence-electron chi connectivity index (χ2n) is 7.34. The van der Waals surface area contributed by atoms with Gasteiger partial charge in [-0.25, -0.2) is 4.99 Å². The van der Waals surface area contributed by atoms with E-state index in [0.29, 0.717) is 24.0 Å². The number of nitrogens with one attached hydrogen (secondary N) is 1. The predicted molar refractivity (Wildman–Crippen MR) is 123 cm³/mol. The van der Waals surface area contributed by atoms with Crippen LogP contribution in [0.5, 0.6) is 11.5 Å². The van der Waals surface area contributed by atoms with Crippen LogP contribution in [0.4, 0.5) is 5.69 Å². The Hall–Kier alpha value is -2.93. The first kappa shape index (κ1) is 21.8. The van der Waals surface area contributed by atoms with Gasteiger partial charge in [0.2, 0.25) is 0 Å². The van der Waals surface area contributed by atoms with Crippen molar-refractivity contribution in [1.29, 1.82) is 0 Å². The van der Waals surface area contributed by atoms with E-state index in [0.717, 1.165) is 51.3 Å². The van der Waals surface area contributed by atoms with Gasteiger partial charge in [-0.05, 0) is 42.8 Å². The molecule has 3 N–H and O–H groups in total. The zero-order chi connectivity index (χ0) is 21.2. The molecule has 0 atom stereocenters. The van der Waals surface area contributed by atoms with E-state index < -0.39 is 0 Å². The molecule has 0 amide bonds. The summed E-state index contributed by atoms with van der Waals surface area (Å²) < 4.78 is 10.6. The Labute approximate surface area is 179 Å². The van der Waals surface area contributed by atoms with Gasteiger partial charge >= 0.3 is 0 Å². The van der Waals surface area contributed by atoms with E-state index in [1.807, 2.05) is 18.2 Å². The summed E-state index contributed by atoms with van der Waals surface area (Å²) >= 11 is 0. The molecule has 1 aliphatic rings. The van der Waals surface area contributed by atoms with Gasteiger partial charge in [0, 0.05) is 38.4 Å². The van der Waals surface area contributed by atoms with Crippen LogP contribution >= 0.6 is 0 Å². The predicted octanol–water partition coefficient (Wildman–Crippen LogP) is 2.32. The summed E-state index contributed by atoms with van der Waals surface area (Å²) in [5.41, 5.74) is 8.35. The molecule has 0 aromatic heterocycles. The maximum atomic E-state index is 6.01. The number of hydrogen-bond acceptors (Lipinski definition) is 5. The number of benzene rings is 2. The SMILES string of the molecule is COc1ccc(CN=C(N)NCCCN2CCN(c3ccccc3)CC2)cc1OC. The fraction of sp³-hybridized carbons (Fsp3) is 0.435. The highest BCUT2D eigenvalue weighted by Gasteiger charge is 2.16. The van der Waals surface area contributed by atoms with E-state index in [-0.39, 0.29) is 0 Å². The first-order valence-electron chi connectivity index (χ1n) is 10.5. The molecule has 1 heterocycles. The Bertz CT molecular complexity index is 804. The lowest BCUT2D eigenvalue weighted by Crippen LogP contribution is -2.47. The van der Waals surface area contributed by atoms with Crippen LogP contribution in [0.15, 0.2) is 53.5 Å². The minimum absolute atomic E-state index is 0.471. The van der Waals surface area contributed by atoms with Crippen LogP contribution in [0.25, 0.3) is 0 Å². The number of ether oxygens (including phenoxy) is 2. The van der Waals surface area contributed by atoms with Gasteiger partial charge in [-0.15, -0.1) is 0 Å². The average Bonchev–Trinajstić information content (AvgIpc) is 2.81. The summed E-state index contributed by atoms with van der Waals surface area (Å²) in [5.74, 6) is 1.88. The maximum Gasteiger partial charge on any atom is 0.188 e. The van der Waals surface area contributed by atoms with Crippen molar-refractivity contribution in [2.45, 2.75) is 13.0 Å². The maximum absolute atomic E-state index is 6.01. The van der Waals surface area contributed by atoms with Crippen molar-refractivity contribution < 1.29 is 9.47 Å². The molecule has 0 bridgehead atoms. The Morgan fingerprint density at radius 1 is 1.00 bits per heavy atom. The van der Waals surface area contributed by atoms with Crippen molar-refractivity contribution in [2.75, 3.05) is 58.4 Å². The molecular formula is C23H33N5O2. The Kier molecular flexibility index (Phi) is 8.20. The van der Waals surface area contributed by atoms with Gasteiger partial charge in [0.15, 0.2) is 17.5 Å². The number of guanidine groups is 1. The Balaban J connectivity index is 1.33. The van der Waals surface area contributed by atoms with Gasteiger partial charge in [-0.2, -0.15) is 0 Å². The third-order valence-electron chi connectivity index (χ3n) is 5.33. The van der Waals surface area contributed by atoms with Crippen LogP contribution in [0.3, 0.4) is 0 Å². The molecule has 162 valence electrons. The second-order valence-corrected chi connectivity index (χ2v) is 7.34. The third-order valence-corrected chi connectivity index (χ3v) is 5.33. The number of anilines is 1. The first-order chi connectivity index (χ1) is 14.7. The van der Waals surface area contributed by atoms with E-state index in [2.05, 4.69) is 50.4 Å². The first-order valence-corrected chi connectivity index (χ1v) is 10.5. The van der Waals surface area contributed by atoms with Crippen LogP contribution in [-0.2, 0) is 6.54 Å². The molecule has 0 radical (unpaired) electrons. The molecular weight excluding hydrogens is 378 g/mol. The molecule has 1 saturated heterocycles. The average molecular weight is 412 g/mol. The fourth-order valence-corrected chi connectivity index (χ4v) is 3.60. The summed E-state index contributed by atoms with van der Waals surface area (Å²) in [6.45, 7) is 6.73. The number of hydrogen-bond donors (Lipinski definition) is 2. The summed E-state index contributed by atoms with van der Waals surface area (Å²) in [6, 6.07) is 16.4. The van der Waals surface area contributed by atoms with Crippen LogP contribution < -0.4 is 25.4 Å². The molecule has 7 heteroatoms. The van der Waals surface area contributed by atoms with Crippen LogP contribution in [0.1, 0.15) is 12.0 Å². The molecule has 3 rings (SSSR count).